The molecule has 136 valence electrons. The average Bonchev–Trinajstić information content (AvgIpc) is 2.96. The van der Waals surface area contributed by atoms with Crippen molar-refractivity contribution >= 4 is 16.9 Å². The summed E-state index contributed by atoms with van der Waals surface area (Å²) in [6.07, 6.45) is 2.14. The summed E-state index contributed by atoms with van der Waals surface area (Å²) in [7, 11) is 3.62. The predicted molar refractivity (Wildman–Crippen MR) is 101 cm³/mol. The number of amides is 1. The van der Waals surface area contributed by atoms with Crippen LogP contribution in [0.2, 0.25) is 0 Å². The van der Waals surface area contributed by atoms with Crippen molar-refractivity contribution in [3.63, 3.8) is 0 Å². The molecule has 5 nitrogen and oxygen atoms in total. The van der Waals surface area contributed by atoms with Gasteiger partial charge >= 0.3 is 0 Å². The summed E-state index contributed by atoms with van der Waals surface area (Å²) in [4.78, 5) is 15.7. The molecule has 1 aliphatic rings. The van der Waals surface area contributed by atoms with Crippen LogP contribution in [0.1, 0.15) is 29.7 Å². The van der Waals surface area contributed by atoms with Gasteiger partial charge < -0.3 is 14.6 Å². The number of rotatable bonds is 5. The van der Waals surface area contributed by atoms with Crippen LogP contribution in [0.3, 0.4) is 0 Å². The van der Waals surface area contributed by atoms with Gasteiger partial charge in [-0.2, -0.15) is 0 Å². The molecule has 1 saturated heterocycles. The lowest BCUT2D eigenvalue weighted by Gasteiger charge is -2.32. The number of carbonyl (C=O) groups excluding carboxylic acids is 1. The number of carbonyl (C=O) groups is 1. The van der Waals surface area contributed by atoms with Crippen molar-refractivity contribution < 1.29 is 9.21 Å². The second-order valence-corrected chi connectivity index (χ2v) is 7.41. The number of benzene rings is 1. The van der Waals surface area contributed by atoms with Crippen molar-refractivity contribution in [3.8, 4) is 0 Å². The Morgan fingerprint density at radius 1 is 1.20 bits per heavy atom. The first-order valence-electron chi connectivity index (χ1n) is 9.08. The Kier molecular flexibility index (Phi) is 5.45. The van der Waals surface area contributed by atoms with Crippen molar-refractivity contribution in [2.75, 3.05) is 33.7 Å². The number of furan rings is 1. The summed E-state index contributed by atoms with van der Waals surface area (Å²) in [5, 5.41) is 4.79. The summed E-state index contributed by atoms with van der Waals surface area (Å²) in [5.74, 6) is 1.17. The predicted octanol–water partition coefficient (Wildman–Crippen LogP) is 2.69. The quantitative estimate of drug-likeness (QED) is 0.907. The van der Waals surface area contributed by atoms with E-state index in [1.54, 1.807) is 4.90 Å². The Labute approximate surface area is 150 Å². The third-order valence-electron chi connectivity index (χ3n) is 5.19. The van der Waals surface area contributed by atoms with Gasteiger partial charge in [0.15, 0.2) is 0 Å². The largest absolute Gasteiger partial charge is 0.460 e. The van der Waals surface area contributed by atoms with Crippen LogP contribution in [0.25, 0.3) is 11.0 Å². The number of likely N-dealkylation sites (N-methyl/N-ethyl adjacent to an activating group) is 1. The first kappa shape index (κ1) is 18.0. The highest BCUT2D eigenvalue weighted by atomic mass is 16.3. The highest BCUT2D eigenvalue weighted by Crippen LogP contribution is 2.23. The molecule has 1 aromatic carbocycles. The minimum atomic E-state index is 0.180. The molecule has 2 heterocycles. The summed E-state index contributed by atoms with van der Waals surface area (Å²) >= 11 is 0. The van der Waals surface area contributed by atoms with Gasteiger partial charge in [0.25, 0.3) is 0 Å². The molecule has 25 heavy (non-hydrogen) atoms. The second kappa shape index (κ2) is 7.58. The third-order valence-corrected chi connectivity index (χ3v) is 5.19. The molecule has 0 aliphatic carbocycles. The monoisotopic (exact) mass is 343 g/mol. The van der Waals surface area contributed by atoms with Crippen LogP contribution in [0.4, 0.5) is 0 Å². The zero-order valence-electron chi connectivity index (χ0n) is 15.8. The molecule has 5 heteroatoms. The number of fused-ring (bicyclic) bond motifs is 1. The summed E-state index contributed by atoms with van der Waals surface area (Å²) < 4.78 is 5.97. The summed E-state index contributed by atoms with van der Waals surface area (Å²) in [6, 6.07) is 6.94. The van der Waals surface area contributed by atoms with Crippen LogP contribution in [0, 0.1) is 13.8 Å². The van der Waals surface area contributed by atoms with Crippen LogP contribution in [-0.2, 0) is 11.3 Å². The molecular weight excluding hydrogens is 314 g/mol. The van der Waals surface area contributed by atoms with Crippen molar-refractivity contribution in [2.45, 2.75) is 39.3 Å². The second-order valence-electron chi connectivity index (χ2n) is 7.41. The number of piperidine rings is 1. The number of nitrogens with one attached hydrogen (secondary N) is 1. The van der Waals surface area contributed by atoms with Gasteiger partial charge in [0, 0.05) is 38.6 Å². The molecule has 0 radical (unpaired) electrons. The van der Waals surface area contributed by atoms with Crippen molar-refractivity contribution in [1.82, 2.24) is 15.1 Å². The van der Waals surface area contributed by atoms with E-state index in [1.807, 2.05) is 14.1 Å². The lowest BCUT2D eigenvalue weighted by molar-refractivity contribution is -0.130. The number of likely N-dealkylation sites (tertiary alicyclic amines) is 1. The standard InChI is InChI=1S/C20H29N3O2/c1-14-9-16-11-18(25-19(16)10-15(14)2)12-21-17-5-7-23(8-6-17)13-20(24)22(3)4/h9-11,17,21H,5-8,12-13H2,1-4H3. The SMILES string of the molecule is Cc1cc2cc(CNC3CCN(CC(=O)N(C)C)CC3)oc2cc1C. The lowest BCUT2D eigenvalue weighted by Crippen LogP contribution is -2.45. The van der Waals surface area contributed by atoms with Crippen LogP contribution in [0.15, 0.2) is 22.6 Å². The van der Waals surface area contributed by atoms with Gasteiger partial charge in [-0.1, -0.05) is 0 Å². The average molecular weight is 343 g/mol. The van der Waals surface area contributed by atoms with Crippen molar-refractivity contribution in [3.05, 3.63) is 35.1 Å². The van der Waals surface area contributed by atoms with E-state index in [0.29, 0.717) is 12.6 Å². The Hall–Kier alpha value is -1.85. The van der Waals surface area contributed by atoms with Crippen molar-refractivity contribution in [2.24, 2.45) is 0 Å². The zero-order valence-corrected chi connectivity index (χ0v) is 15.8. The number of nitrogens with zero attached hydrogens (tertiary/aromatic N) is 2. The topological polar surface area (TPSA) is 48.7 Å². The molecule has 3 rings (SSSR count). The maximum Gasteiger partial charge on any atom is 0.236 e. The highest BCUT2D eigenvalue weighted by molar-refractivity contribution is 5.79. The van der Waals surface area contributed by atoms with Crippen molar-refractivity contribution in [1.29, 1.82) is 0 Å². The maximum atomic E-state index is 11.8. The van der Waals surface area contributed by atoms with E-state index in [2.05, 4.69) is 42.3 Å². The minimum Gasteiger partial charge on any atom is -0.460 e. The van der Waals surface area contributed by atoms with Crippen LogP contribution >= 0.6 is 0 Å². The van der Waals surface area contributed by atoms with Gasteiger partial charge in [-0.3, -0.25) is 9.69 Å². The summed E-state index contributed by atoms with van der Waals surface area (Å²) in [5.41, 5.74) is 3.53. The van der Waals surface area contributed by atoms with Crippen LogP contribution < -0.4 is 5.32 Å². The van der Waals surface area contributed by atoms with E-state index in [-0.39, 0.29) is 5.91 Å². The molecule has 1 aromatic heterocycles. The van der Waals surface area contributed by atoms with Gasteiger partial charge in [0.1, 0.15) is 11.3 Å². The van der Waals surface area contributed by atoms with Gasteiger partial charge in [-0.15, -0.1) is 0 Å². The van der Waals surface area contributed by atoms with E-state index in [4.69, 9.17) is 4.42 Å². The van der Waals surface area contributed by atoms with Crippen LogP contribution in [-0.4, -0.2) is 55.5 Å². The van der Waals surface area contributed by atoms with E-state index in [0.717, 1.165) is 43.8 Å². The molecule has 1 amide bonds. The number of hydrogen-bond donors (Lipinski definition) is 1. The molecule has 0 unspecified atom stereocenters. The van der Waals surface area contributed by atoms with Gasteiger partial charge in [0.2, 0.25) is 5.91 Å². The Morgan fingerprint density at radius 2 is 1.88 bits per heavy atom. The smallest absolute Gasteiger partial charge is 0.236 e. The first-order chi connectivity index (χ1) is 11.9. The lowest BCUT2D eigenvalue weighted by atomic mass is 10.0. The molecule has 2 aromatic rings. The molecular formula is C20H29N3O2. The van der Waals surface area contributed by atoms with Gasteiger partial charge in [-0.25, -0.2) is 0 Å². The number of hydrogen-bond acceptors (Lipinski definition) is 4. The molecule has 1 N–H and O–H groups in total. The van der Waals surface area contributed by atoms with E-state index in [9.17, 15) is 4.79 Å². The summed E-state index contributed by atoms with van der Waals surface area (Å²) in [6.45, 7) is 7.47. The Bertz CT molecular complexity index is 704. The Morgan fingerprint density at radius 3 is 2.56 bits per heavy atom. The molecule has 0 bridgehead atoms. The van der Waals surface area contributed by atoms with E-state index < -0.39 is 0 Å². The molecule has 1 aliphatic heterocycles. The number of aryl methyl sites for hydroxylation is 2. The van der Waals surface area contributed by atoms with Gasteiger partial charge in [-0.05, 0) is 56.0 Å². The highest BCUT2D eigenvalue weighted by Gasteiger charge is 2.21. The minimum absolute atomic E-state index is 0.180. The fourth-order valence-corrected chi connectivity index (χ4v) is 3.32. The zero-order chi connectivity index (χ0) is 18.0. The third kappa shape index (κ3) is 4.41. The first-order valence-corrected chi connectivity index (χ1v) is 9.08. The van der Waals surface area contributed by atoms with E-state index >= 15 is 0 Å². The fraction of sp³-hybridized carbons (Fsp3) is 0.550. The van der Waals surface area contributed by atoms with Crippen LogP contribution in [0.5, 0.6) is 0 Å². The normalized spacial score (nSPS) is 16.5. The molecule has 1 fully saturated rings. The maximum absolute atomic E-state index is 11.8. The van der Waals surface area contributed by atoms with E-state index in [1.165, 1.54) is 16.5 Å². The molecule has 0 atom stereocenters. The van der Waals surface area contributed by atoms with Gasteiger partial charge in [0.05, 0.1) is 13.1 Å². The Balaban J connectivity index is 1.49. The molecule has 0 spiro atoms. The molecule has 0 saturated carbocycles. The fourth-order valence-electron chi connectivity index (χ4n) is 3.32.